The first kappa shape index (κ1) is 18.5. The molecule has 0 amide bonds. The Morgan fingerprint density at radius 2 is 2.00 bits per heavy atom. The van der Waals surface area contributed by atoms with E-state index in [4.69, 9.17) is 9.47 Å². The van der Waals surface area contributed by atoms with Crippen molar-refractivity contribution in [3.63, 3.8) is 0 Å². The maximum Gasteiger partial charge on any atom is 0.355 e. The zero-order valence-corrected chi connectivity index (χ0v) is 15.7. The number of nitrogens with one attached hydrogen (secondary N) is 1. The number of H-pyrrole nitrogens is 1. The molecule has 3 aromatic rings. The molecule has 6 heteroatoms. The van der Waals surface area contributed by atoms with Gasteiger partial charge in [-0.15, -0.1) is 6.58 Å². The molecular formula is C21H22N2O4. The van der Waals surface area contributed by atoms with Gasteiger partial charge in [0.15, 0.2) is 6.61 Å². The number of fused-ring (bicyclic) bond motifs is 1. The number of nitrogens with zero attached hydrogens (tertiary/aromatic N) is 1. The van der Waals surface area contributed by atoms with Gasteiger partial charge in [0.2, 0.25) is 5.78 Å². The van der Waals surface area contributed by atoms with Crippen LogP contribution in [-0.2, 0) is 11.3 Å². The fraction of sp³-hybridized carbons (Fsp3) is 0.238. The van der Waals surface area contributed by atoms with Crippen LogP contribution in [0.4, 0.5) is 0 Å². The van der Waals surface area contributed by atoms with Crippen molar-refractivity contribution in [1.29, 1.82) is 0 Å². The summed E-state index contributed by atoms with van der Waals surface area (Å²) in [5, 5.41) is 0.863. The number of aromatic amines is 1. The van der Waals surface area contributed by atoms with Crippen LogP contribution in [0, 0.1) is 13.8 Å². The summed E-state index contributed by atoms with van der Waals surface area (Å²) in [6.07, 6.45) is 1.78. The second kappa shape index (κ2) is 7.53. The van der Waals surface area contributed by atoms with E-state index in [1.54, 1.807) is 25.3 Å². The molecule has 0 saturated carbocycles. The van der Waals surface area contributed by atoms with E-state index in [0.29, 0.717) is 23.6 Å². The molecule has 1 aromatic carbocycles. The van der Waals surface area contributed by atoms with Gasteiger partial charge in [-0.25, -0.2) is 4.79 Å². The average Bonchev–Trinajstić information content (AvgIpc) is 3.21. The number of methoxy groups -OCH3 is 1. The van der Waals surface area contributed by atoms with Crippen molar-refractivity contribution in [3.05, 3.63) is 65.6 Å². The molecule has 2 heterocycles. The number of aromatic nitrogens is 2. The number of rotatable bonds is 7. The summed E-state index contributed by atoms with van der Waals surface area (Å²) in [6, 6.07) is 8.96. The molecule has 27 heavy (non-hydrogen) atoms. The minimum absolute atomic E-state index is 0.232. The van der Waals surface area contributed by atoms with Crippen LogP contribution >= 0.6 is 0 Å². The minimum Gasteiger partial charge on any atom is -0.497 e. The highest BCUT2D eigenvalue weighted by Crippen LogP contribution is 2.22. The Hall–Kier alpha value is -3.28. The number of hydrogen-bond acceptors (Lipinski definition) is 4. The number of carbonyl (C=O) groups is 2. The lowest BCUT2D eigenvalue weighted by molar-refractivity contribution is 0.0469. The predicted octanol–water partition coefficient (Wildman–Crippen LogP) is 3.82. The monoisotopic (exact) mass is 366 g/mol. The van der Waals surface area contributed by atoms with E-state index in [9.17, 15) is 9.59 Å². The van der Waals surface area contributed by atoms with E-state index in [1.165, 1.54) is 0 Å². The standard InChI is InChI=1S/C21H22N2O4/c1-5-8-23-13(2)9-17(14(23)3)20(24)12-27-21(25)19-10-15-6-7-16(26-4)11-18(15)22-19/h5-7,9-11,22H,1,8,12H2,2-4H3. The maximum absolute atomic E-state index is 12.5. The lowest BCUT2D eigenvalue weighted by atomic mass is 10.1. The van der Waals surface area contributed by atoms with Gasteiger partial charge in [0.1, 0.15) is 11.4 Å². The zero-order valence-electron chi connectivity index (χ0n) is 15.7. The van der Waals surface area contributed by atoms with E-state index in [-0.39, 0.29) is 12.4 Å². The van der Waals surface area contributed by atoms with Crippen molar-refractivity contribution in [2.24, 2.45) is 0 Å². The second-order valence-electron chi connectivity index (χ2n) is 6.32. The van der Waals surface area contributed by atoms with Gasteiger partial charge >= 0.3 is 5.97 Å². The Morgan fingerprint density at radius 1 is 1.22 bits per heavy atom. The molecule has 3 rings (SSSR count). The topological polar surface area (TPSA) is 73.3 Å². The number of ketones is 1. The summed E-state index contributed by atoms with van der Waals surface area (Å²) in [5.74, 6) is -0.114. The number of ether oxygens (including phenoxy) is 2. The Labute approximate surface area is 157 Å². The van der Waals surface area contributed by atoms with Crippen LogP contribution in [0.25, 0.3) is 10.9 Å². The summed E-state index contributed by atoms with van der Waals surface area (Å²) in [5.41, 5.74) is 3.42. The Bertz CT molecular complexity index is 1030. The largest absolute Gasteiger partial charge is 0.497 e. The van der Waals surface area contributed by atoms with Gasteiger partial charge < -0.3 is 19.0 Å². The summed E-state index contributed by atoms with van der Waals surface area (Å²) < 4.78 is 12.4. The number of esters is 1. The van der Waals surface area contributed by atoms with Crippen molar-refractivity contribution in [1.82, 2.24) is 9.55 Å². The van der Waals surface area contributed by atoms with Crippen LogP contribution in [0.15, 0.2) is 43.0 Å². The van der Waals surface area contributed by atoms with Crippen LogP contribution in [0.1, 0.15) is 32.2 Å². The van der Waals surface area contributed by atoms with Gasteiger partial charge in [-0.3, -0.25) is 4.79 Å². The van der Waals surface area contributed by atoms with Crippen LogP contribution in [0.2, 0.25) is 0 Å². The smallest absolute Gasteiger partial charge is 0.355 e. The first-order valence-electron chi connectivity index (χ1n) is 8.59. The Balaban J connectivity index is 1.71. The summed E-state index contributed by atoms with van der Waals surface area (Å²) >= 11 is 0. The highest BCUT2D eigenvalue weighted by molar-refractivity contribution is 6.01. The quantitative estimate of drug-likeness (QED) is 0.392. The molecule has 0 aliphatic carbocycles. The molecular weight excluding hydrogens is 344 g/mol. The van der Waals surface area contributed by atoms with Gasteiger partial charge in [0, 0.05) is 40.5 Å². The van der Waals surface area contributed by atoms with Crippen molar-refractivity contribution in [3.8, 4) is 5.75 Å². The third kappa shape index (κ3) is 3.65. The van der Waals surface area contributed by atoms with E-state index in [0.717, 1.165) is 22.3 Å². The average molecular weight is 366 g/mol. The Morgan fingerprint density at radius 3 is 2.70 bits per heavy atom. The number of allylic oxidation sites excluding steroid dienone is 1. The number of aryl methyl sites for hydroxylation is 1. The number of benzene rings is 1. The molecule has 0 bridgehead atoms. The molecule has 0 aliphatic heterocycles. The molecule has 0 radical (unpaired) electrons. The van der Waals surface area contributed by atoms with Gasteiger partial charge in [-0.05, 0) is 38.1 Å². The van der Waals surface area contributed by atoms with Crippen molar-refractivity contribution < 1.29 is 19.1 Å². The highest BCUT2D eigenvalue weighted by Gasteiger charge is 2.18. The minimum atomic E-state index is -0.571. The van der Waals surface area contributed by atoms with Crippen molar-refractivity contribution >= 4 is 22.7 Å². The Kier molecular flexibility index (Phi) is 5.16. The molecule has 0 unspecified atom stereocenters. The summed E-state index contributed by atoms with van der Waals surface area (Å²) in [4.78, 5) is 27.8. The lowest BCUT2D eigenvalue weighted by Crippen LogP contribution is -2.15. The van der Waals surface area contributed by atoms with Crippen LogP contribution in [0.5, 0.6) is 5.75 Å². The van der Waals surface area contributed by atoms with Gasteiger partial charge in [-0.1, -0.05) is 6.08 Å². The number of carbonyl (C=O) groups excluding carboxylic acids is 2. The van der Waals surface area contributed by atoms with E-state index < -0.39 is 5.97 Å². The van der Waals surface area contributed by atoms with Crippen LogP contribution in [-0.4, -0.2) is 35.0 Å². The molecule has 2 aromatic heterocycles. The predicted molar refractivity (Wildman–Crippen MR) is 104 cm³/mol. The third-order valence-electron chi connectivity index (χ3n) is 4.57. The number of hydrogen-bond donors (Lipinski definition) is 1. The molecule has 0 aliphatic rings. The van der Waals surface area contributed by atoms with Gasteiger partial charge in [0.25, 0.3) is 0 Å². The van der Waals surface area contributed by atoms with Crippen molar-refractivity contribution in [2.45, 2.75) is 20.4 Å². The molecule has 0 atom stereocenters. The summed E-state index contributed by atoms with van der Waals surface area (Å²) in [7, 11) is 1.58. The molecule has 0 saturated heterocycles. The van der Waals surface area contributed by atoms with E-state index in [1.807, 2.05) is 36.6 Å². The van der Waals surface area contributed by atoms with E-state index >= 15 is 0 Å². The molecule has 140 valence electrons. The molecule has 6 nitrogen and oxygen atoms in total. The molecule has 0 spiro atoms. The maximum atomic E-state index is 12.5. The first-order chi connectivity index (χ1) is 12.9. The second-order valence-corrected chi connectivity index (χ2v) is 6.32. The normalized spacial score (nSPS) is 10.8. The van der Waals surface area contributed by atoms with Gasteiger partial charge in [-0.2, -0.15) is 0 Å². The molecule has 1 N–H and O–H groups in total. The van der Waals surface area contributed by atoms with Crippen molar-refractivity contribution in [2.75, 3.05) is 13.7 Å². The summed E-state index contributed by atoms with van der Waals surface area (Å²) in [6.45, 7) is 7.85. The fourth-order valence-corrected chi connectivity index (χ4v) is 3.12. The zero-order chi connectivity index (χ0) is 19.6. The highest BCUT2D eigenvalue weighted by atomic mass is 16.5. The lowest BCUT2D eigenvalue weighted by Gasteiger charge is -2.06. The van der Waals surface area contributed by atoms with Crippen LogP contribution < -0.4 is 4.74 Å². The number of Topliss-reactive ketones (excluding diaryl/α,β-unsaturated/α-hetero) is 1. The fourth-order valence-electron chi connectivity index (χ4n) is 3.12. The van der Waals surface area contributed by atoms with Gasteiger partial charge in [0.05, 0.1) is 7.11 Å². The molecule has 0 fully saturated rings. The van der Waals surface area contributed by atoms with Crippen LogP contribution in [0.3, 0.4) is 0 Å². The third-order valence-corrected chi connectivity index (χ3v) is 4.57. The SMILES string of the molecule is C=CCn1c(C)cc(C(=O)COC(=O)c2cc3ccc(OC)cc3[nH]2)c1C. The first-order valence-corrected chi connectivity index (χ1v) is 8.59. The van der Waals surface area contributed by atoms with E-state index in [2.05, 4.69) is 11.6 Å².